The van der Waals surface area contributed by atoms with Crippen molar-refractivity contribution in [1.29, 1.82) is 0 Å². The molecule has 72 valence electrons. The highest BCUT2D eigenvalue weighted by Crippen LogP contribution is 2.20. The molecule has 1 atom stereocenters. The third kappa shape index (κ3) is 2.76. The van der Waals surface area contributed by atoms with E-state index in [0.717, 1.165) is 11.1 Å². The standard InChI is InChI=1S/C10H13NO.ClH/c1-3-9(11)8-4-5-10(12)7(2)6-8;/h3-6,9,12H,1,11H2,2H3;1H/t9-;/m0./s1. The van der Waals surface area contributed by atoms with E-state index < -0.39 is 0 Å². The third-order valence-electron chi connectivity index (χ3n) is 1.86. The minimum Gasteiger partial charge on any atom is -0.508 e. The molecule has 0 fully saturated rings. The maximum atomic E-state index is 9.23. The number of nitrogens with two attached hydrogens (primary N) is 1. The number of benzene rings is 1. The summed E-state index contributed by atoms with van der Waals surface area (Å²) in [4.78, 5) is 0. The van der Waals surface area contributed by atoms with E-state index in [1.54, 1.807) is 18.2 Å². The molecule has 0 spiro atoms. The smallest absolute Gasteiger partial charge is 0.118 e. The summed E-state index contributed by atoms with van der Waals surface area (Å²) < 4.78 is 0. The van der Waals surface area contributed by atoms with Gasteiger partial charge >= 0.3 is 0 Å². The number of rotatable bonds is 2. The minimum absolute atomic E-state index is 0. The van der Waals surface area contributed by atoms with E-state index in [1.165, 1.54) is 0 Å². The van der Waals surface area contributed by atoms with Gasteiger partial charge in [-0.15, -0.1) is 19.0 Å². The summed E-state index contributed by atoms with van der Waals surface area (Å²) in [7, 11) is 0. The van der Waals surface area contributed by atoms with Crippen molar-refractivity contribution in [1.82, 2.24) is 0 Å². The molecule has 2 nitrogen and oxygen atoms in total. The predicted octanol–water partition coefficient (Wildman–Crippen LogP) is 2.31. The SMILES string of the molecule is C=C[C@H](N)c1ccc(O)c(C)c1.Cl. The molecule has 1 rings (SSSR count). The number of phenols is 1. The molecule has 3 heteroatoms. The van der Waals surface area contributed by atoms with E-state index >= 15 is 0 Å². The van der Waals surface area contributed by atoms with Gasteiger partial charge in [0.1, 0.15) is 5.75 Å². The van der Waals surface area contributed by atoms with Crippen molar-refractivity contribution in [2.75, 3.05) is 0 Å². The zero-order chi connectivity index (χ0) is 9.14. The lowest BCUT2D eigenvalue weighted by atomic mass is 10.0. The number of phenolic OH excluding ortho intramolecular Hbond substituents is 1. The highest BCUT2D eigenvalue weighted by atomic mass is 35.5. The largest absolute Gasteiger partial charge is 0.508 e. The fourth-order valence-corrected chi connectivity index (χ4v) is 1.02. The van der Waals surface area contributed by atoms with Crippen molar-refractivity contribution in [3.05, 3.63) is 42.0 Å². The summed E-state index contributed by atoms with van der Waals surface area (Å²) in [5.74, 6) is 0.301. The first-order chi connectivity index (χ1) is 5.65. The molecule has 0 aliphatic rings. The summed E-state index contributed by atoms with van der Waals surface area (Å²) in [6, 6.07) is 5.16. The summed E-state index contributed by atoms with van der Waals surface area (Å²) in [5.41, 5.74) is 7.52. The van der Waals surface area contributed by atoms with Gasteiger partial charge in [-0.2, -0.15) is 0 Å². The van der Waals surface area contributed by atoms with Crippen molar-refractivity contribution >= 4 is 12.4 Å². The molecule has 0 radical (unpaired) electrons. The van der Waals surface area contributed by atoms with E-state index in [4.69, 9.17) is 5.73 Å². The van der Waals surface area contributed by atoms with Crippen molar-refractivity contribution in [3.8, 4) is 5.75 Å². The summed E-state index contributed by atoms with van der Waals surface area (Å²) in [5, 5.41) is 9.23. The molecule has 1 aromatic rings. The lowest BCUT2D eigenvalue weighted by molar-refractivity contribution is 0.470. The highest BCUT2D eigenvalue weighted by Gasteiger charge is 2.02. The molecule has 0 saturated carbocycles. The van der Waals surface area contributed by atoms with E-state index in [9.17, 15) is 5.11 Å². The Balaban J connectivity index is 0.00000144. The first kappa shape index (κ1) is 12.0. The lowest BCUT2D eigenvalue weighted by Gasteiger charge is -2.07. The maximum absolute atomic E-state index is 9.23. The van der Waals surface area contributed by atoms with E-state index in [2.05, 4.69) is 6.58 Å². The van der Waals surface area contributed by atoms with Gasteiger partial charge in [0.2, 0.25) is 0 Å². The number of aromatic hydroxyl groups is 1. The average Bonchev–Trinajstić information content (AvgIpc) is 2.08. The number of hydrogen-bond donors (Lipinski definition) is 2. The maximum Gasteiger partial charge on any atom is 0.118 e. The van der Waals surface area contributed by atoms with Crippen LogP contribution in [0.15, 0.2) is 30.9 Å². The quantitative estimate of drug-likeness (QED) is 0.719. The van der Waals surface area contributed by atoms with Crippen LogP contribution >= 0.6 is 12.4 Å². The van der Waals surface area contributed by atoms with E-state index in [0.29, 0.717) is 5.75 Å². The van der Waals surface area contributed by atoms with Gasteiger partial charge in [-0.05, 0) is 24.1 Å². The second-order valence-corrected chi connectivity index (χ2v) is 2.81. The fourth-order valence-electron chi connectivity index (χ4n) is 1.02. The van der Waals surface area contributed by atoms with E-state index in [-0.39, 0.29) is 18.4 Å². The predicted molar refractivity (Wildman–Crippen MR) is 57.2 cm³/mol. The molecule has 0 aromatic heterocycles. The molecule has 13 heavy (non-hydrogen) atoms. The number of hydrogen-bond acceptors (Lipinski definition) is 2. The molecule has 3 N–H and O–H groups in total. The zero-order valence-corrected chi connectivity index (χ0v) is 8.34. The first-order valence-electron chi connectivity index (χ1n) is 3.83. The van der Waals surface area contributed by atoms with Crippen molar-refractivity contribution in [3.63, 3.8) is 0 Å². The summed E-state index contributed by atoms with van der Waals surface area (Å²) >= 11 is 0. The van der Waals surface area contributed by atoms with Crippen LogP contribution in [0.4, 0.5) is 0 Å². The van der Waals surface area contributed by atoms with Crippen LogP contribution in [-0.2, 0) is 0 Å². The Kier molecular flexibility index (Phi) is 4.52. The monoisotopic (exact) mass is 199 g/mol. The Morgan fingerprint density at radius 3 is 2.62 bits per heavy atom. The Bertz CT molecular complexity index is 299. The van der Waals surface area contributed by atoms with Gasteiger partial charge in [-0.3, -0.25) is 0 Å². The van der Waals surface area contributed by atoms with Gasteiger partial charge in [0, 0.05) is 6.04 Å². The van der Waals surface area contributed by atoms with Crippen LogP contribution in [0, 0.1) is 6.92 Å². The van der Waals surface area contributed by atoms with Crippen LogP contribution < -0.4 is 5.73 Å². The van der Waals surface area contributed by atoms with Crippen LogP contribution in [-0.4, -0.2) is 5.11 Å². The molecule has 0 saturated heterocycles. The van der Waals surface area contributed by atoms with Crippen molar-refractivity contribution in [2.45, 2.75) is 13.0 Å². The molecular formula is C10H14ClNO. The van der Waals surface area contributed by atoms with Gasteiger partial charge in [-0.25, -0.2) is 0 Å². The van der Waals surface area contributed by atoms with Gasteiger partial charge in [0.05, 0.1) is 0 Å². The normalized spacial score (nSPS) is 11.5. The molecule has 1 aromatic carbocycles. The van der Waals surface area contributed by atoms with Crippen LogP contribution in [0.1, 0.15) is 17.2 Å². The van der Waals surface area contributed by atoms with E-state index in [1.807, 2.05) is 13.0 Å². The van der Waals surface area contributed by atoms with Gasteiger partial charge in [0.15, 0.2) is 0 Å². The molecule has 0 aliphatic heterocycles. The van der Waals surface area contributed by atoms with Crippen LogP contribution in [0.2, 0.25) is 0 Å². The molecule has 0 heterocycles. The van der Waals surface area contributed by atoms with Crippen LogP contribution in [0.25, 0.3) is 0 Å². The van der Waals surface area contributed by atoms with Crippen molar-refractivity contribution in [2.24, 2.45) is 5.73 Å². The zero-order valence-electron chi connectivity index (χ0n) is 7.53. The second kappa shape index (κ2) is 4.90. The van der Waals surface area contributed by atoms with Crippen LogP contribution in [0.5, 0.6) is 5.75 Å². The fraction of sp³-hybridized carbons (Fsp3) is 0.200. The third-order valence-corrected chi connectivity index (χ3v) is 1.86. The highest BCUT2D eigenvalue weighted by molar-refractivity contribution is 5.85. The Labute approximate surface area is 84.5 Å². The van der Waals surface area contributed by atoms with Crippen molar-refractivity contribution < 1.29 is 5.11 Å². The summed E-state index contributed by atoms with van der Waals surface area (Å²) in [6.45, 7) is 5.44. The lowest BCUT2D eigenvalue weighted by Crippen LogP contribution is -2.06. The molecule has 0 aliphatic carbocycles. The average molecular weight is 200 g/mol. The number of halogens is 1. The molecule has 0 bridgehead atoms. The molecule has 0 unspecified atom stereocenters. The second-order valence-electron chi connectivity index (χ2n) is 2.81. The first-order valence-corrected chi connectivity index (χ1v) is 3.83. The van der Waals surface area contributed by atoms with Gasteiger partial charge in [-0.1, -0.05) is 18.2 Å². The molecular weight excluding hydrogens is 186 g/mol. The topological polar surface area (TPSA) is 46.2 Å². The number of aryl methyl sites for hydroxylation is 1. The van der Waals surface area contributed by atoms with Gasteiger partial charge < -0.3 is 10.8 Å². The van der Waals surface area contributed by atoms with Crippen LogP contribution in [0.3, 0.4) is 0 Å². The Morgan fingerprint density at radius 1 is 1.54 bits per heavy atom. The Hall–Kier alpha value is -0.990. The Morgan fingerprint density at radius 2 is 2.15 bits per heavy atom. The van der Waals surface area contributed by atoms with Gasteiger partial charge in [0.25, 0.3) is 0 Å². The minimum atomic E-state index is -0.149. The molecule has 0 amide bonds. The summed E-state index contributed by atoms with van der Waals surface area (Å²) in [6.07, 6.45) is 1.67.